The number of benzene rings is 6. The van der Waals surface area contributed by atoms with Crippen molar-refractivity contribution < 1.29 is 18.4 Å². The number of hydrogen-bond donors (Lipinski definition) is 0. The third-order valence-electron chi connectivity index (χ3n) is 10.8. The first-order chi connectivity index (χ1) is 24.1. The molecule has 53 heavy (non-hydrogen) atoms. The Morgan fingerprint density at radius 3 is 1.00 bits per heavy atom. The molecule has 0 fully saturated rings. The van der Waals surface area contributed by atoms with Crippen molar-refractivity contribution in [2.45, 2.75) is 48.5 Å². The molecule has 0 saturated carbocycles. The molecular weight excluding hydrogens is 759 g/mol. The maximum absolute atomic E-state index is 2.68. The topological polar surface area (TPSA) is 0 Å². The van der Waals surface area contributed by atoms with Crippen molar-refractivity contribution in [2.24, 2.45) is 5.92 Å². The van der Waals surface area contributed by atoms with E-state index in [9.17, 15) is 0 Å². The van der Waals surface area contributed by atoms with Crippen molar-refractivity contribution >= 4 is 58.7 Å². The van der Waals surface area contributed by atoms with Gasteiger partial charge >= 0.3 is 311 Å². The molecule has 0 radical (unpaired) electrons. The van der Waals surface area contributed by atoms with Crippen molar-refractivity contribution in [2.75, 3.05) is 0 Å². The summed E-state index contributed by atoms with van der Waals surface area (Å²) in [6.07, 6.45) is 0. The molecule has 1 atom stereocenters. The predicted molar refractivity (Wildman–Crippen MR) is 236 cm³/mol. The van der Waals surface area contributed by atoms with Gasteiger partial charge in [0, 0.05) is 0 Å². The molecule has 6 aromatic rings. The number of halogens is 3. The maximum Gasteiger partial charge on any atom is -0.147 e. The van der Waals surface area contributed by atoms with Crippen molar-refractivity contribution in [3.05, 3.63) is 183 Å². The molecule has 0 spiro atoms. The van der Waals surface area contributed by atoms with Gasteiger partial charge in [0.1, 0.15) is 0 Å². The van der Waals surface area contributed by atoms with Crippen LogP contribution >= 0.6 is 37.2 Å². The Hall–Kier alpha value is -3.40. The molecule has 0 aromatic heterocycles. The van der Waals surface area contributed by atoms with Gasteiger partial charge in [-0.15, -0.1) is 37.2 Å². The Morgan fingerprint density at radius 1 is 0.396 bits per heavy atom. The van der Waals surface area contributed by atoms with E-state index in [4.69, 9.17) is 0 Å². The van der Waals surface area contributed by atoms with Gasteiger partial charge in [-0.05, 0) is 0 Å². The van der Waals surface area contributed by atoms with E-state index in [1.54, 1.807) is 9.45 Å². The van der Waals surface area contributed by atoms with Crippen LogP contribution in [0.25, 0.3) is 33.4 Å². The average molecular weight is 808 g/mol. The first-order valence-corrected chi connectivity index (χ1v) is 23.0. The van der Waals surface area contributed by atoms with Gasteiger partial charge in [-0.2, -0.15) is 0 Å². The van der Waals surface area contributed by atoms with Crippen LogP contribution in [0.3, 0.4) is 0 Å². The second-order valence-corrected chi connectivity index (χ2v) is 23.3. The van der Waals surface area contributed by atoms with Crippen LogP contribution in [0.2, 0.25) is 0 Å². The zero-order valence-electron chi connectivity index (χ0n) is 31.7. The molecule has 1 aliphatic rings. The van der Waals surface area contributed by atoms with Gasteiger partial charge in [0.25, 0.3) is 0 Å². The summed E-state index contributed by atoms with van der Waals surface area (Å²) in [4.78, 5) is 0. The molecule has 0 nitrogen and oxygen atoms in total. The summed E-state index contributed by atoms with van der Waals surface area (Å²) < 4.78 is 1.72. The fraction of sp³-hybridized carbons (Fsp3) is 0.167. The first kappa shape index (κ1) is 42.3. The summed E-state index contributed by atoms with van der Waals surface area (Å²) in [6, 6.07) is 55.5. The second-order valence-electron chi connectivity index (χ2n) is 14.3. The first-order valence-electron chi connectivity index (χ1n) is 17.8. The fourth-order valence-electron chi connectivity index (χ4n) is 7.87. The van der Waals surface area contributed by atoms with Gasteiger partial charge in [0.05, 0.1) is 0 Å². The molecule has 1 aliphatic carbocycles. The molecule has 0 heterocycles. The van der Waals surface area contributed by atoms with Crippen molar-refractivity contribution in [1.29, 1.82) is 0 Å². The molecule has 6 aromatic carbocycles. The number of rotatable bonds is 8. The average Bonchev–Trinajstić information content (AvgIpc) is 3.31. The largest absolute Gasteiger partial charge is 0.147 e. The van der Waals surface area contributed by atoms with E-state index in [2.05, 4.69) is 194 Å². The molecule has 270 valence electrons. The standard InChI is InChI=1S/C39H33Si.C9H13.3ClH.Ti/c1-28-19-34(31-13-7-4-8-14-31)25-37(22-28)40(38-23-29(2)20-35(26-38)32-15-9-5-10-16-32)39-24-30(3)21-36(27-39)33-17-11-6-12-18-33;1-6-5-7(2)9(4)8(6)3;;;;/h4-27H,1-3H3;6H,1-4H3;3*1H;. The van der Waals surface area contributed by atoms with Crippen LogP contribution < -0.4 is 15.6 Å². The van der Waals surface area contributed by atoms with Crippen molar-refractivity contribution in [3.8, 4) is 33.4 Å². The quantitative estimate of drug-likeness (QED) is 0.106. The molecule has 5 heteroatoms. The Bertz CT molecular complexity index is 2050. The van der Waals surface area contributed by atoms with Gasteiger partial charge in [-0.25, -0.2) is 0 Å². The Morgan fingerprint density at radius 2 is 0.717 bits per heavy atom. The van der Waals surface area contributed by atoms with Crippen molar-refractivity contribution in [3.63, 3.8) is 0 Å². The molecule has 0 saturated heterocycles. The fourth-order valence-corrected chi connectivity index (χ4v) is 21.0. The van der Waals surface area contributed by atoms with Crippen LogP contribution in [0.1, 0.15) is 44.4 Å². The van der Waals surface area contributed by atoms with E-state index >= 15 is 0 Å². The van der Waals surface area contributed by atoms with E-state index in [0.29, 0.717) is 5.92 Å². The van der Waals surface area contributed by atoms with Crippen LogP contribution in [-0.4, -0.2) is 5.94 Å². The molecule has 0 amide bonds. The summed E-state index contributed by atoms with van der Waals surface area (Å²) in [5, 5.41) is 4.58. The van der Waals surface area contributed by atoms with E-state index in [1.807, 2.05) is 0 Å². The zero-order valence-corrected chi connectivity index (χ0v) is 36.7. The smallest absolute Gasteiger partial charge is 0.147 e. The Balaban J connectivity index is 0.00000209. The Labute approximate surface area is 345 Å². The Kier molecular flexibility index (Phi) is 14.2. The van der Waals surface area contributed by atoms with Crippen LogP contribution in [0.4, 0.5) is 0 Å². The normalized spacial score (nSPS) is 13.9. The van der Waals surface area contributed by atoms with Crippen molar-refractivity contribution in [1.82, 2.24) is 0 Å². The van der Waals surface area contributed by atoms with Crippen LogP contribution in [-0.2, 0) is 18.4 Å². The van der Waals surface area contributed by atoms with E-state index < -0.39 is 24.3 Å². The summed E-state index contributed by atoms with van der Waals surface area (Å²) >= 11 is -0.722. The van der Waals surface area contributed by atoms with E-state index in [1.165, 1.54) is 76.8 Å². The number of allylic oxidation sites excluding steroid dienone is 4. The zero-order chi connectivity index (χ0) is 35.0. The molecule has 7 rings (SSSR count). The minimum atomic E-state index is -2.68. The van der Waals surface area contributed by atoms with Gasteiger partial charge in [0.2, 0.25) is 0 Å². The molecule has 1 unspecified atom stereocenters. The second kappa shape index (κ2) is 17.8. The molecular formula is C48H49Cl3SiTi. The summed E-state index contributed by atoms with van der Waals surface area (Å²) in [5.74, 6) is -2.21. The number of aryl methyl sites for hydroxylation is 3. The predicted octanol–water partition coefficient (Wildman–Crippen LogP) is 12.2. The van der Waals surface area contributed by atoms with Crippen LogP contribution in [0.15, 0.2) is 166 Å². The van der Waals surface area contributed by atoms with E-state index in [-0.39, 0.29) is 37.2 Å². The van der Waals surface area contributed by atoms with Gasteiger partial charge in [0.15, 0.2) is 0 Å². The van der Waals surface area contributed by atoms with E-state index in [0.717, 1.165) is 0 Å². The summed E-state index contributed by atoms with van der Waals surface area (Å²) in [5.41, 5.74) is 16.3. The minimum absolute atomic E-state index is 0. The molecule has 0 aliphatic heterocycles. The summed E-state index contributed by atoms with van der Waals surface area (Å²) in [7, 11) is 0. The van der Waals surface area contributed by atoms with Gasteiger partial charge in [-0.3, -0.25) is 0 Å². The molecule has 0 N–H and O–H groups in total. The SMILES string of the molecule is CC1=C(C)C(C)[C]([Ti][Si](c2cc(C)cc(-c3ccccc3)c2)(c2cc(C)cc(-c3ccccc3)c2)c2cc(C)cc(-c3ccccc3)c2)=C1C.Cl.Cl.Cl. The maximum atomic E-state index is 2.58. The van der Waals surface area contributed by atoms with Crippen LogP contribution in [0, 0.1) is 26.7 Å². The number of hydrogen-bond acceptors (Lipinski definition) is 0. The van der Waals surface area contributed by atoms with Gasteiger partial charge < -0.3 is 0 Å². The third kappa shape index (κ3) is 8.47. The monoisotopic (exact) mass is 806 g/mol. The van der Waals surface area contributed by atoms with Crippen LogP contribution in [0.5, 0.6) is 0 Å². The minimum Gasteiger partial charge on any atom is -0.147 e. The summed E-state index contributed by atoms with van der Waals surface area (Å²) in [6.45, 7) is 16.5. The molecule has 0 bridgehead atoms. The van der Waals surface area contributed by atoms with Gasteiger partial charge in [-0.1, -0.05) is 0 Å². The third-order valence-corrected chi connectivity index (χ3v) is 23.3.